The van der Waals surface area contributed by atoms with Crippen LogP contribution in [-0.4, -0.2) is 20.7 Å². The fourth-order valence-corrected chi connectivity index (χ4v) is 1.75. The number of hydrogen-bond donors (Lipinski definition) is 2. The van der Waals surface area contributed by atoms with Crippen LogP contribution in [-0.2, 0) is 0 Å². The average Bonchev–Trinajstić information content (AvgIpc) is 2.56. The van der Waals surface area contributed by atoms with E-state index in [4.69, 9.17) is 10.8 Å². The van der Waals surface area contributed by atoms with Crippen LogP contribution >= 0.6 is 15.9 Å². The molecule has 0 amide bonds. The highest BCUT2D eigenvalue weighted by atomic mass is 79.9. The maximum atomic E-state index is 10.8. The topological polar surface area (TPSA) is 80.6 Å². The summed E-state index contributed by atoms with van der Waals surface area (Å²) in [7, 11) is 0. The highest BCUT2D eigenvalue weighted by molar-refractivity contribution is 9.10. The number of nitrogens with zero attached hydrogens (tertiary/aromatic N) is 2. The van der Waals surface area contributed by atoms with Gasteiger partial charge in [-0.3, -0.25) is 0 Å². The molecule has 0 saturated heterocycles. The zero-order chi connectivity index (χ0) is 10.3. The van der Waals surface area contributed by atoms with Crippen molar-refractivity contribution in [1.82, 2.24) is 9.61 Å². The summed E-state index contributed by atoms with van der Waals surface area (Å²) >= 11 is 3.25. The molecule has 0 aliphatic heterocycles. The first kappa shape index (κ1) is 9.01. The van der Waals surface area contributed by atoms with E-state index in [0.29, 0.717) is 15.8 Å². The van der Waals surface area contributed by atoms with Crippen molar-refractivity contribution in [3.63, 3.8) is 0 Å². The number of aromatic nitrogens is 2. The second-order valence-electron chi connectivity index (χ2n) is 2.73. The lowest BCUT2D eigenvalue weighted by Gasteiger charge is -2.00. The van der Waals surface area contributed by atoms with Crippen LogP contribution in [0.5, 0.6) is 0 Å². The molecule has 72 valence electrons. The Balaban J connectivity index is 2.90. The number of nitrogens with two attached hydrogens (primary N) is 1. The van der Waals surface area contributed by atoms with Gasteiger partial charge in [-0.05, 0) is 28.1 Å². The van der Waals surface area contributed by atoms with Crippen LogP contribution in [0.1, 0.15) is 10.4 Å². The second kappa shape index (κ2) is 2.98. The van der Waals surface area contributed by atoms with E-state index in [1.165, 1.54) is 10.7 Å². The molecule has 0 aliphatic carbocycles. The number of hydrogen-bond acceptors (Lipinski definition) is 3. The Labute approximate surface area is 87.3 Å². The minimum absolute atomic E-state index is 0.129. The number of carboxylic acids is 1. The van der Waals surface area contributed by atoms with Crippen molar-refractivity contribution in [1.29, 1.82) is 0 Å². The van der Waals surface area contributed by atoms with Gasteiger partial charge in [-0.2, -0.15) is 5.10 Å². The Morgan fingerprint density at radius 1 is 1.57 bits per heavy atom. The third-order valence-electron chi connectivity index (χ3n) is 1.87. The molecule has 5 nitrogen and oxygen atoms in total. The zero-order valence-corrected chi connectivity index (χ0v) is 8.52. The van der Waals surface area contributed by atoms with Gasteiger partial charge in [-0.25, -0.2) is 9.31 Å². The molecule has 0 aliphatic rings. The molecule has 2 heterocycles. The minimum Gasteiger partial charge on any atom is -0.478 e. The molecule has 3 N–H and O–H groups in total. The van der Waals surface area contributed by atoms with E-state index in [-0.39, 0.29) is 5.56 Å². The second-order valence-corrected chi connectivity index (χ2v) is 3.58. The smallest absolute Gasteiger partial charge is 0.339 e. The normalized spacial score (nSPS) is 10.6. The van der Waals surface area contributed by atoms with E-state index in [1.807, 2.05) is 0 Å². The van der Waals surface area contributed by atoms with E-state index in [1.54, 1.807) is 12.1 Å². The number of pyridine rings is 1. The molecule has 0 unspecified atom stereocenters. The number of carboxylic acid groups (broad SMARTS) is 1. The third kappa shape index (κ3) is 1.15. The molecule has 0 radical (unpaired) electrons. The largest absolute Gasteiger partial charge is 0.478 e. The Kier molecular flexibility index (Phi) is 1.92. The number of aromatic carboxylic acids is 1. The fraction of sp³-hybridized carbons (Fsp3) is 0. The van der Waals surface area contributed by atoms with E-state index >= 15 is 0 Å². The van der Waals surface area contributed by atoms with E-state index in [9.17, 15) is 4.79 Å². The summed E-state index contributed by atoms with van der Waals surface area (Å²) in [6.07, 6.45) is 1.28. The molecule has 2 aromatic rings. The van der Waals surface area contributed by atoms with Crippen LogP contribution in [0.4, 0.5) is 5.82 Å². The van der Waals surface area contributed by atoms with Crippen LogP contribution in [0.3, 0.4) is 0 Å². The first-order chi connectivity index (χ1) is 6.61. The molecule has 6 heteroatoms. The number of fused-ring (bicyclic) bond motifs is 1. The highest BCUT2D eigenvalue weighted by Gasteiger charge is 2.14. The molecular weight excluding hydrogens is 250 g/mol. The number of nitrogen functional groups attached to an aromatic ring is 1. The molecule has 0 bridgehead atoms. The molecule has 2 rings (SSSR count). The van der Waals surface area contributed by atoms with Gasteiger partial charge in [0.05, 0.1) is 11.7 Å². The van der Waals surface area contributed by atoms with E-state index in [2.05, 4.69) is 21.0 Å². The van der Waals surface area contributed by atoms with Gasteiger partial charge in [0, 0.05) is 4.47 Å². The minimum atomic E-state index is -1.02. The molecule has 14 heavy (non-hydrogen) atoms. The van der Waals surface area contributed by atoms with Crippen molar-refractivity contribution in [2.75, 3.05) is 5.73 Å². The van der Waals surface area contributed by atoms with Crippen LogP contribution in [0.15, 0.2) is 22.8 Å². The number of halogens is 1. The van der Waals surface area contributed by atoms with Crippen molar-refractivity contribution in [2.24, 2.45) is 0 Å². The highest BCUT2D eigenvalue weighted by Crippen LogP contribution is 2.23. The van der Waals surface area contributed by atoms with Crippen molar-refractivity contribution < 1.29 is 9.90 Å². The number of carbonyl (C=O) groups is 1. The fourth-order valence-electron chi connectivity index (χ4n) is 1.24. The van der Waals surface area contributed by atoms with Gasteiger partial charge >= 0.3 is 5.97 Å². The quantitative estimate of drug-likeness (QED) is 0.807. The Morgan fingerprint density at radius 2 is 2.29 bits per heavy atom. The number of rotatable bonds is 1. The predicted molar refractivity (Wildman–Crippen MR) is 54.3 cm³/mol. The van der Waals surface area contributed by atoms with Gasteiger partial charge in [-0.15, -0.1) is 0 Å². The summed E-state index contributed by atoms with van der Waals surface area (Å²) < 4.78 is 2.04. The first-order valence-corrected chi connectivity index (χ1v) is 4.55. The molecule has 2 aromatic heterocycles. The van der Waals surface area contributed by atoms with Gasteiger partial charge in [0.25, 0.3) is 0 Å². The van der Waals surface area contributed by atoms with Crippen molar-refractivity contribution in [3.8, 4) is 0 Å². The molecule has 0 fully saturated rings. The molecule has 0 aromatic carbocycles. The Bertz CT molecular complexity index is 521. The van der Waals surface area contributed by atoms with Gasteiger partial charge in [0.1, 0.15) is 11.4 Å². The van der Waals surface area contributed by atoms with Gasteiger partial charge < -0.3 is 10.8 Å². The Morgan fingerprint density at radius 3 is 2.93 bits per heavy atom. The zero-order valence-electron chi connectivity index (χ0n) is 6.94. The number of anilines is 1. The van der Waals surface area contributed by atoms with Gasteiger partial charge in [0.15, 0.2) is 0 Å². The van der Waals surface area contributed by atoms with Crippen molar-refractivity contribution in [2.45, 2.75) is 0 Å². The van der Waals surface area contributed by atoms with Gasteiger partial charge in [-0.1, -0.05) is 0 Å². The molecule has 0 saturated carbocycles. The van der Waals surface area contributed by atoms with E-state index < -0.39 is 5.97 Å². The predicted octanol–water partition coefficient (Wildman–Crippen LogP) is 1.38. The third-order valence-corrected chi connectivity index (χ3v) is 2.51. The van der Waals surface area contributed by atoms with E-state index in [0.717, 1.165) is 0 Å². The average molecular weight is 256 g/mol. The van der Waals surface area contributed by atoms with Crippen molar-refractivity contribution >= 4 is 33.2 Å². The van der Waals surface area contributed by atoms with Crippen LogP contribution in [0.2, 0.25) is 0 Å². The lowest BCUT2D eigenvalue weighted by molar-refractivity contribution is 0.0699. The maximum absolute atomic E-state index is 10.8. The lowest BCUT2D eigenvalue weighted by Crippen LogP contribution is -2.00. The summed E-state index contributed by atoms with van der Waals surface area (Å²) in [5.41, 5.74) is 6.22. The van der Waals surface area contributed by atoms with Crippen LogP contribution < -0.4 is 5.73 Å². The monoisotopic (exact) mass is 255 g/mol. The SMILES string of the molecule is Nc1ccc(Br)c2c(C(=O)O)cnn12. The molecule has 0 atom stereocenters. The molecule has 0 spiro atoms. The molecular formula is C8H6BrN3O2. The van der Waals surface area contributed by atoms with Crippen LogP contribution in [0.25, 0.3) is 5.52 Å². The lowest BCUT2D eigenvalue weighted by atomic mass is 10.2. The summed E-state index contributed by atoms with van der Waals surface area (Å²) in [4.78, 5) is 10.8. The summed E-state index contributed by atoms with van der Waals surface area (Å²) in [5, 5.41) is 12.8. The summed E-state index contributed by atoms with van der Waals surface area (Å²) in [5.74, 6) is -0.623. The summed E-state index contributed by atoms with van der Waals surface area (Å²) in [6, 6.07) is 3.34. The van der Waals surface area contributed by atoms with Crippen molar-refractivity contribution in [3.05, 3.63) is 28.4 Å². The first-order valence-electron chi connectivity index (χ1n) is 3.76. The maximum Gasteiger partial charge on any atom is 0.339 e. The standard InChI is InChI=1S/C8H6BrN3O2/c9-5-1-2-6(10)12-7(5)4(3-11-12)8(13)14/h1-3H,10H2,(H,13,14). The van der Waals surface area contributed by atoms with Gasteiger partial charge in [0.2, 0.25) is 0 Å². The summed E-state index contributed by atoms with van der Waals surface area (Å²) in [6.45, 7) is 0. The Hall–Kier alpha value is -1.56. The van der Waals surface area contributed by atoms with Crippen LogP contribution in [0, 0.1) is 0 Å².